The predicted octanol–water partition coefficient (Wildman–Crippen LogP) is 3.51. The Balaban J connectivity index is 2.01. The highest BCUT2D eigenvalue weighted by molar-refractivity contribution is 5.39. The van der Waals surface area contributed by atoms with Crippen molar-refractivity contribution in [1.29, 1.82) is 0 Å². The van der Waals surface area contributed by atoms with E-state index in [1.54, 1.807) is 0 Å². The Kier molecular flexibility index (Phi) is 3.65. The smallest absolute Gasteiger partial charge is 0.133 e. The van der Waals surface area contributed by atoms with Crippen molar-refractivity contribution in [3.05, 3.63) is 17.6 Å². The first-order chi connectivity index (χ1) is 8.10. The molecule has 0 radical (unpaired) electrons. The second-order valence-electron chi connectivity index (χ2n) is 5.44. The van der Waals surface area contributed by atoms with E-state index in [-0.39, 0.29) is 0 Å². The van der Waals surface area contributed by atoms with Crippen molar-refractivity contribution >= 4 is 5.82 Å². The molecule has 1 aromatic rings. The third-order valence-corrected chi connectivity index (χ3v) is 3.30. The lowest BCUT2D eigenvalue weighted by Crippen LogP contribution is -2.09. The standard InChI is InChI=1S/C14H23N3/c1-5-6-11-8-12(11)16-13-7-10(4)15-14(17-13)9(2)3/h7,9,11-12H,5-6,8H2,1-4H3,(H,15,16,17). The highest BCUT2D eigenvalue weighted by Crippen LogP contribution is 2.37. The molecule has 1 aromatic heterocycles. The molecule has 2 rings (SSSR count). The van der Waals surface area contributed by atoms with Crippen molar-refractivity contribution in [2.24, 2.45) is 5.92 Å². The zero-order valence-corrected chi connectivity index (χ0v) is 11.3. The maximum atomic E-state index is 4.59. The lowest BCUT2D eigenvalue weighted by Gasteiger charge is -2.10. The van der Waals surface area contributed by atoms with Crippen molar-refractivity contribution in [1.82, 2.24) is 9.97 Å². The van der Waals surface area contributed by atoms with Gasteiger partial charge in [0.25, 0.3) is 0 Å². The molecule has 1 saturated carbocycles. The van der Waals surface area contributed by atoms with E-state index in [2.05, 4.69) is 36.1 Å². The van der Waals surface area contributed by atoms with E-state index < -0.39 is 0 Å². The van der Waals surface area contributed by atoms with Gasteiger partial charge in [0.1, 0.15) is 11.6 Å². The van der Waals surface area contributed by atoms with Gasteiger partial charge in [-0.05, 0) is 25.7 Å². The van der Waals surface area contributed by atoms with Crippen LogP contribution in [0.3, 0.4) is 0 Å². The molecule has 0 bridgehead atoms. The molecule has 1 N–H and O–H groups in total. The number of aryl methyl sites for hydroxylation is 1. The number of hydrogen-bond acceptors (Lipinski definition) is 3. The molecule has 1 aliphatic carbocycles. The fourth-order valence-electron chi connectivity index (χ4n) is 2.23. The van der Waals surface area contributed by atoms with Crippen LogP contribution in [0, 0.1) is 12.8 Å². The molecular formula is C14H23N3. The van der Waals surface area contributed by atoms with Gasteiger partial charge in [0, 0.05) is 23.7 Å². The second kappa shape index (κ2) is 5.03. The van der Waals surface area contributed by atoms with E-state index in [0.717, 1.165) is 23.3 Å². The van der Waals surface area contributed by atoms with Gasteiger partial charge in [0.15, 0.2) is 0 Å². The Labute approximate surface area is 104 Å². The minimum Gasteiger partial charge on any atom is -0.367 e. The SMILES string of the molecule is CCCC1CC1Nc1cc(C)nc(C(C)C)n1. The largest absolute Gasteiger partial charge is 0.367 e. The number of rotatable bonds is 5. The van der Waals surface area contributed by atoms with Crippen molar-refractivity contribution in [2.75, 3.05) is 5.32 Å². The van der Waals surface area contributed by atoms with Crippen molar-refractivity contribution in [3.8, 4) is 0 Å². The monoisotopic (exact) mass is 233 g/mol. The van der Waals surface area contributed by atoms with Crippen LogP contribution in [0.5, 0.6) is 0 Å². The molecule has 3 nitrogen and oxygen atoms in total. The third kappa shape index (κ3) is 3.18. The van der Waals surface area contributed by atoms with Gasteiger partial charge in [-0.1, -0.05) is 27.2 Å². The summed E-state index contributed by atoms with van der Waals surface area (Å²) in [5.74, 6) is 3.20. The van der Waals surface area contributed by atoms with Gasteiger partial charge < -0.3 is 5.32 Å². The molecule has 1 heterocycles. The van der Waals surface area contributed by atoms with Crippen LogP contribution in [0.4, 0.5) is 5.82 Å². The average Bonchev–Trinajstić information content (AvgIpc) is 2.96. The zero-order valence-electron chi connectivity index (χ0n) is 11.3. The molecule has 17 heavy (non-hydrogen) atoms. The Bertz CT molecular complexity index is 387. The Morgan fingerprint density at radius 2 is 2.18 bits per heavy atom. The topological polar surface area (TPSA) is 37.8 Å². The summed E-state index contributed by atoms with van der Waals surface area (Å²) in [6, 6.07) is 2.69. The number of nitrogens with zero attached hydrogens (tertiary/aromatic N) is 2. The van der Waals surface area contributed by atoms with E-state index in [0.29, 0.717) is 12.0 Å². The van der Waals surface area contributed by atoms with Crippen molar-refractivity contribution in [3.63, 3.8) is 0 Å². The fraction of sp³-hybridized carbons (Fsp3) is 0.714. The van der Waals surface area contributed by atoms with Crippen LogP contribution >= 0.6 is 0 Å². The van der Waals surface area contributed by atoms with E-state index in [9.17, 15) is 0 Å². The molecule has 1 fully saturated rings. The number of hydrogen-bond donors (Lipinski definition) is 1. The summed E-state index contributed by atoms with van der Waals surface area (Å²) in [7, 11) is 0. The van der Waals surface area contributed by atoms with E-state index in [1.807, 2.05) is 13.0 Å². The van der Waals surface area contributed by atoms with Crippen molar-refractivity contribution < 1.29 is 0 Å². The maximum absolute atomic E-state index is 4.59. The summed E-state index contributed by atoms with van der Waals surface area (Å²) >= 11 is 0. The highest BCUT2D eigenvalue weighted by Gasteiger charge is 2.36. The van der Waals surface area contributed by atoms with Gasteiger partial charge >= 0.3 is 0 Å². The second-order valence-corrected chi connectivity index (χ2v) is 5.44. The predicted molar refractivity (Wildman–Crippen MR) is 71.3 cm³/mol. The summed E-state index contributed by atoms with van der Waals surface area (Å²) in [6.45, 7) is 8.56. The molecule has 2 atom stereocenters. The highest BCUT2D eigenvalue weighted by atomic mass is 15.1. The fourth-order valence-corrected chi connectivity index (χ4v) is 2.23. The molecular weight excluding hydrogens is 210 g/mol. The summed E-state index contributed by atoms with van der Waals surface area (Å²) in [5.41, 5.74) is 1.05. The van der Waals surface area contributed by atoms with E-state index in [4.69, 9.17) is 0 Å². The van der Waals surface area contributed by atoms with Crippen LogP contribution in [-0.4, -0.2) is 16.0 Å². The number of aromatic nitrogens is 2. The van der Waals surface area contributed by atoms with Crippen LogP contribution < -0.4 is 5.32 Å². The normalized spacial score (nSPS) is 22.9. The molecule has 94 valence electrons. The lowest BCUT2D eigenvalue weighted by atomic mass is 10.2. The molecule has 0 spiro atoms. The minimum absolute atomic E-state index is 0.390. The molecule has 0 amide bonds. The zero-order chi connectivity index (χ0) is 12.4. The van der Waals surface area contributed by atoms with E-state index in [1.165, 1.54) is 19.3 Å². The maximum Gasteiger partial charge on any atom is 0.133 e. The van der Waals surface area contributed by atoms with Gasteiger partial charge in [-0.2, -0.15) is 0 Å². The first-order valence-corrected chi connectivity index (χ1v) is 6.72. The van der Waals surface area contributed by atoms with Crippen LogP contribution in [-0.2, 0) is 0 Å². The third-order valence-electron chi connectivity index (χ3n) is 3.30. The molecule has 1 aliphatic rings. The van der Waals surface area contributed by atoms with E-state index >= 15 is 0 Å². The van der Waals surface area contributed by atoms with Crippen LogP contribution in [0.2, 0.25) is 0 Å². The average molecular weight is 233 g/mol. The minimum atomic E-state index is 0.390. The summed E-state index contributed by atoms with van der Waals surface area (Å²) in [5, 5.41) is 3.54. The quantitative estimate of drug-likeness (QED) is 0.845. The molecule has 0 saturated heterocycles. The van der Waals surface area contributed by atoms with Crippen molar-refractivity contribution in [2.45, 2.75) is 58.9 Å². The van der Waals surface area contributed by atoms with Crippen LogP contribution in [0.1, 0.15) is 57.5 Å². The Morgan fingerprint density at radius 3 is 2.82 bits per heavy atom. The van der Waals surface area contributed by atoms with Crippen LogP contribution in [0.25, 0.3) is 0 Å². The van der Waals surface area contributed by atoms with Gasteiger partial charge in [0.05, 0.1) is 0 Å². The first kappa shape index (κ1) is 12.3. The van der Waals surface area contributed by atoms with Gasteiger partial charge in [-0.3, -0.25) is 0 Å². The molecule has 0 aromatic carbocycles. The summed E-state index contributed by atoms with van der Waals surface area (Å²) in [6.07, 6.45) is 3.91. The molecule has 2 unspecified atom stereocenters. The van der Waals surface area contributed by atoms with Gasteiger partial charge in [-0.15, -0.1) is 0 Å². The first-order valence-electron chi connectivity index (χ1n) is 6.72. The Morgan fingerprint density at radius 1 is 1.41 bits per heavy atom. The van der Waals surface area contributed by atoms with Gasteiger partial charge in [0.2, 0.25) is 0 Å². The van der Waals surface area contributed by atoms with Crippen LogP contribution in [0.15, 0.2) is 6.07 Å². The Hall–Kier alpha value is -1.12. The molecule has 0 aliphatic heterocycles. The summed E-state index contributed by atoms with van der Waals surface area (Å²) in [4.78, 5) is 9.05. The number of nitrogens with one attached hydrogen (secondary N) is 1. The summed E-state index contributed by atoms with van der Waals surface area (Å²) < 4.78 is 0. The molecule has 3 heteroatoms. The number of anilines is 1. The van der Waals surface area contributed by atoms with Gasteiger partial charge in [-0.25, -0.2) is 9.97 Å². The lowest BCUT2D eigenvalue weighted by molar-refractivity contribution is 0.691.